The van der Waals surface area contributed by atoms with Gasteiger partial charge in [0.05, 0.1) is 126 Å². The number of piperazine rings is 1. The molecule has 7 atom stereocenters. The number of ketones is 2. The fourth-order valence-corrected chi connectivity index (χ4v) is 20.6. The molecule has 1 unspecified atom stereocenters. The number of pyridine rings is 2. The Labute approximate surface area is 773 Å². The molecule has 7 fully saturated rings. The molecule has 2 aliphatic carbocycles. The van der Waals surface area contributed by atoms with E-state index in [4.69, 9.17) is 19.8 Å². The molecule has 7 aliphatic rings. The number of thiazole rings is 2. The number of ether oxygens (including phenoxy) is 2. The minimum atomic E-state index is -0.893. The number of carbonyl (C=O) groups is 11. The Kier molecular flexibility index (Phi) is 33.9. The number of esters is 2. The molecule has 0 bridgehead atoms. The van der Waals surface area contributed by atoms with E-state index < -0.39 is 64.9 Å². The number of amides is 6. The quantitative estimate of drug-likeness (QED) is 0.0189. The molecule has 0 radical (unpaired) electrons. The molecule has 706 valence electrons. The maximum absolute atomic E-state index is 14.3. The van der Waals surface area contributed by atoms with Crippen molar-refractivity contribution in [3.05, 3.63) is 140 Å². The maximum Gasteiger partial charge on any atom is 0.317 e. The summed E-state index contributed by atoms with van der Waals surface area (Å²) >= 11 is 3.16. The van der Waals surface area contributed by atoms with E-state index in [0.717, 1.165) is 85.8 Å². The first kappa shape index (κ1) is 99.3. The van der Waals surface area contributed by atoms with E-state index in [0.29, 0.717) is 127 Å². The summed E-state index contributed by atoms with van der Waals surface area (Å²) in [5.41, 5.74) is 11.1. The average molecular weight is 1840 g/mol. The van der Waals surface area contributed by atoms with Crippen molar-refractivity contribution >= 4 is 104 Å². The first-order valence-corrected chi connectivity index (χ1v) is 47.5. The zero-order valence-electron chi connectivity index (χ0n) is 77.4. The zero-order chi connectivity index (χ0) is 94.3. The van der Waals surface area contributed by atoms with Crippen molar-refractivity contribution in [1.82, 2.24) is 75.3 Å². The van der Waals surface area contributed by atoms with Crippen LogP contribution < -0.4 is 31.7 Å². The Morgan fingerprint density at radius 3 is 1.53 bits per heavy atom. The highest BCUT2D eigenvalue weighted by Crippen LogP contribution is 2.39. The normalized spacial score (nSPS) is 20.4. The molecule has 2 saturated carbocycles. The van der Waals surface area contributed by atoms with E-state index in [-0.39, 0.29) is 146 Å². The van der Waals surface area contributed by atoms with Crippen molar-refractivity contribution in [2.24, 2.45) is 40.4 Å². The number of hydrogen-bond donors (Lipinski definition) is 7. The number of anilines is 1. The Bertz CT molecular complexity index is 5260. The van der Waals surface area contributed by atoms with Gasteiger partial charge in [-0.1, -0.05) is 103 Å². The van der Waals surface area contributed by atoms with Gasteiger partial charge >= 0.3 is 17.9 Å². The summed E-state index contributed by atoms with van der Waals surface area (Å²) in [6.07, 6.45) is 10.5. The number of carboxylic acids is 1. The van der Waals surface area contributed by atoms with Crippen LogP contribution in [0.2, 0.25) is 0 Å². The van der Waals surface area contributed by atoms with Gasteiger partial charge in [0.25, 0.3) is 5.56 Å². The number of aryl methyl sites for hydroxylation is 3. The highest BCUT2D eigenvalue weighted by molar-refractivity contribution is 7.13. The van der Waals surface area contributed by atoms with Crippen LogP contribution in [0.15, 0.2) is 88.9 Å². The van der Waals surface area contributed by atoms with Crippen molar-refractivity contribution in [1.29, 1.82) is 0 Å². The number of nitrogens with zero attached hydrogens (tertiary/aromatic N) is 12. The fraction of sp³-hybridized carbons (Fsp3) is 0.573. The summed E-state index contributed by atoms with van der Waals surface area (Å²) in [4.78, 5) is 192. The Morgan fingerprint density at radius 2 is 1.05 bits per heavy atom. The summed E-state index contributed by atoms with van der Waals surface area (Å²) in [5, 5.41) is 42.3. The minimum Gasteiger partial charge on any atom is -0.480 e. The van der Waals surface area contributed by atoms with Gasteiger partial charge in [-0.3, -0.25) is 81.8 Å². The molecule has 131 heavy (non-hydrogen) atoms. The van der Waals surface area contributed by atoms with Crippen LogP contribution in [0.5, 0.6) is 0 Å². The van der Waals surface area contributed by atoms with E-state index in [9.17, 15) is 67.7 Å². The topological polar surface area (TPSA) is 421 Å². The van der Waals surface area contributed by atoms with Gasteiger partial charge in [0.15, 0.2) is 11.6 Å². The number of carbonyl (C=O) groups excluding carboxylic acids is 10. The number of likely N-dealkylation sites (tertiary alicyclic amines) is 4. The first-order valence-electron chi connectivity index (χ1n) is 45.7. The highest BCUT2D eigenvalue weighted by atomic mass is 32.1. The molecule has 6 amide bonds. The number of rotatable bonds is 27. The average Bonchev–Trinajstić information content (AvgIpc) is 1.06. The number of aliphatic hydroxyl groups excluding tert-OH is 2. The molecule has 5 saturated heterocycles. The monoisotopic (exact) mass is 1840 g/mol. The third kappa shape index (κ3) is 25.6. The first-order chi connectivity index (χ1) is 62.4. The number of benzene rings is 2. The van der Waals surface area contributed by atoms with Crippen LogP contribution >= 0.6 is 22.7 Å². The molecular weight excluding hydrogens is 1710 g/mol. The van der Waals surface area contributed by atoms with E-state index in [2.05, 4.69) is 45.9 Å². The summed E-state index contributed by atoms with van der Waals surface area (Å²) in [5.74, 6) is -4.45. The van der Waals surface area contributed by atoms with E-state index in [1.807, 2.05) is 153 Å². The fourth-order valence-electron chi connectivity index (χ4n) is 19.0. The van der Waals surface area contributed by atoms with Gasteiger partial charge in [-0.15, -0.1) is 22.7 Å². The SMILES string of the molecule is CC(=O)c1c(C)c2cnc(Cc3ccc(N4CCN(C(=O)C5CCN(CC(=O)N[C@H](C(=O)C6C[C@H](O)C[C@H]6C(=O)NCc6ccc(-c7scnc7C)cc6)C(C)(C)C)CC5)CC4)cn3)nc2n(C2CCCC2)c1=O.COC(=O)C1CCN(CC(=O)N[C@H](C(=O)N2C[C@H](O)C[C@H]2C(=O)NCc2ccc(-c3scnc3C)cc2)C(C)(C)C)CC1.COC(=O)C1CCN(CC(=O)O)CC1. The molecule has 5 aromatic heterocycles. The Balaban J connectivity index is 0.000000227. The number of methoxy groups -OCH3 is 2. The van der Waals surface area contributed by atoms with Crippen molar-refractivity contribution < 1.29 is 77.5 Å². The largest absolute Gasteiger partial charge is 0.480 e. The van der Waals surface area contributed by atoms with Crippen LogP contribution in [0, 0.1) is 61.2 Å². The zero-order valence-corrected chi connectivity index (χ0v) is 79.0. The molecular formula is C96H128N16O17S2. The molecule has 7 aromatic rings. The number of nitrogens with one attached hydrogen (secondary N) is 4. The van der Waals surface area contributed by atoms with Gasteiger partial charge in [-0.25, -0.2) is 19.9 Å². The number of carboxylic acid groups (broad SMARTS) is 1. The van der Waals surface area contributed by atoms with Crippen LogP contribution in [0.3, 0.4) is 0 Å². The lowest BCUT2D eigenvalue weighted by molar-refractivity contribution is -0.148. The number of Topliss-reactive ketones (excluding diaryl/α,β-unsaturated/α-hetero) is 2. The van der Waals surface area contributed by atoms with Gasteiger partial charge in [0.2, 0.25) is 35.4 Å². The second-order valence-corrected chi connectivity index (χ2v) is 39.7. The third-order valence-corrected chi connectivity index (χ3v) is 28.5. The van der Waals surface area contributed by atoms with Crippen LogP contribution in [0.1, 0.15) is 188 Å². The van der Waals surface area contributed by atoms with Gasteiger partial charge in [0.1, 0.15) is 23.6 Å². The van der Waals surface area contributed by atoms with Gasteiger partial charge < -0.3 is 60.8 Å². The van der Waals surface area contributed by atoms with Gasteiger partial charge in [-0.2, -0.15) is 0 Å². The molecule has 5 aliphatic heterocycles. The highest BCUT2D eigenvalue weighted by Gasteiger charge is 2.49. The summed E-state index contributed by atoms with van der Waals surface area (Å²) < 4.78 is 11.2. The second-order valence-electron chi connectivity index (χ2n) is 38.0. The predicted molar refractivity (Wildman–Crippen MR) is 495 cm³/mol. The standard InChI is InChI=1S/C56H70N10O7S.C31H43N5O6S.C9H15NO4/c1-33-45-30-58-46(61-52(45)66(40-9-7-8-10-40)55(73)48(33)35(3)67)25-39-15-16-41(29-57-39)64-21-23-65(24-22-64)54(72)38-17-19-63(20-18-38)31-47(69)62-51(56(4,5)6)49(70)43-26-42(68)27-44(43)53(71)59-28-36-11-13-37(14-12-36)50-34(2)60-32-74-50;1-19-26(43-18-33-19)21-8-6-20(7-9-21)15-32-28(39)24-14-23(37)16-36(24)29(40)27(31(2,3)4)34-25(38)17-35-12-10-22(11-13-35)30(41)42-5;1-14-9(13)7-2-4-10(5-3-7)6-8(11)12/h11-16,29-30,32,38,40,42-44,51,68H,7-10,17-28,31H2,1-6H3,(H,59,71)(H,62,69);6-9,18,22-24,27,37H,10-17H2,1-5H3,(H,32,39)(H,34,38);7H,2-6H2,1H3,(H,11,12)/t42-,43?,44+,51+;23-,24+,27-;/m01./s1. The lowest BCUT2D eigenvalue weighted by Crippen LogP contribution is -2.58. The summed E-state index contributed by atoms with van der Waals surface area (Å²) in [6.45, 7) is 25.4. The van der Waals surface area contributed by atoms with E-state index >= 15 is 0 Å². The number of fused-ring (bicyclic) bond motifs is 1. The van der Waals surface area contributed by atoms with Crippen molar-refractivity contribution in [3.63, 3.8) is 0 Å². The second kappa shape index (κ2) is 44.7. The number of aliphatic carboxylic acids is 1. The molecule has 14 rings (SSSR count). The van der Waals surface area contributed by atoms with E-state index in [1.54, 1.807) is 40.4 Å². The van der Waals surface area contributed by atoms with Crippen molar-refractivity contribution in [2.75, 3.05) is 111 Å². The Hall–Kier alpha value is -10.7. The predicted octanol–water partition coefficient (Wildman–Crippen LogP) is 8.07. The number of aliphatic hydroxyl groups is 2. The molecule has 33 nitrogen and oxygen atoms in total. The summed E-state index contributed by atoms with van der Waals surface area (Å²) in [7, 11) is 2.76. The van der Waals surface area contributed by atoms with Gasteiger partial charge in [0, 0.05) is 87.4 Å². The molecule has 10 heterocycles. The van der Waals surface area contributed by atoms with Crippen molar-refractivity contribution in [3.8, 4) is 20.9 Å². The molecule has 0 spiro atoms. The number of aromatic nitrogens is 6. The lowest BCUT2D eigenvalue weighted by atomic mass is 9.77. The van der Waals surface area contributed by atoms with Crippen LogP contribution in [0.25, 0.3) is 31.9 Å². The van der Waals surface area contributed by atoms with Gasteiger partial charge in [-0.05, 0) is 182 Å². The lowest BCUT2D eigenvalue weighted by Gasteiger charge is -2.39. The number of piperidine rings is 3. The smallest absolute Gasteiger partial charge is 0.317 e. The third-order valence-electron chi connectivity index (χ3n) is 26.5. The number of hydrogen-bond acceptors (Lipinski definition) is 27. The molecule has 35 heteroatoms. The minimum absolute atomic E-state index is 0.00585. The van der Waals surface area contributed by atoms with E-state index in [1.165, 1.54) is 26.0 Å². The Morgan fingerprint density at radius 1 is 0.557 bits per heavy atom. The van der Waals surface area contributed by atoms with Crippen LogP contribution in [-0.2, 0) is 76.9 Å². The molecule has 7 N–H and O–H groups in total. The van der Waals surface area contributed by atoms with Crippen LogP contribution in [-0.4, -0.2) is 270 Å². The van der Waals surface area contributed by atoms with Crippen molar-refractivity contribution in [2.45, 2.75) is 209 Å². The number of β-amino-alcohol motifs (C(OH)–C–C–N with tert-alkyl or cyclic N) is 1. The molecule has 2 aromatic carbocycles. The maximum atomic E-state index is 14.3. The van der Waals surface area contributed by atoms with Crippen LogP contribution in [0.4, 0.5) is 5.69 Å². The summed E-state index contributed by atoms with van der Waals surface area (Å²) in [6, 6.07) is 17.2.